The molecule has 4 rings (SSSR count). The number of ketones is 1. The topological polar surface area (TPSA) is 304 Å². The van der Waals surface area contributed by atoms with E-state index in [2.05, 4.69) is 67.9 Å². The summed E-state index contributed by atoms with van der Waals surface area (Å²) in [5, 5.41) is 12.9. The number of amides is 1. The number of aromatic nitrogens is 6. The first-order valence-electron chi connectivity index (χ1n) is 15.4. The number of halogens is 1. The van der Waals surface area contributed by atoms with Gasteiger partial charge in [0, 0.05) is 39.1 Å². The van der Waals surface area contributed by atoms with Crippen molar-refractivity contribution < 1.29 is 23.9 Å². The number of nitrogen functional groups attached to an aromatic ring is 3. The van der Waals surface area contributed by atoms with Crippen LogP contribution in [-0.4, -0.2) is 105 Å². The van der Waals surface area contributed by atoms with E-state index in [0.717, 1.165) is 0 Å². The molecule has 295 valence electrons. The maximum Gasteiger partial charge on any atom is 0.356 e. The van der Waals surface area contributed by atoms with E-state index < -0.39 is 5.97 Å². The van der Waals surface area contributed by atoms with Crippen molar-refractivity contribution in [1.82, 2.24) is 30.1 Å². The number of hydrogen-bond acceptors (Lipinski definition) is 15. The van der Waals surface area contributed by atoms with E-state index in [-0.39, 0.29) is 55.1 Å². The molecule has 4 aromatic rings. The molecule has 12 N–H and O–H groups in total. The summed E-state index contributed by atoms with van der Waals surface area (Å²) in [5.41, 5.74) is 27.0. The van der Waals surface area contributed by atoms with Crippen LogP contribution in [0.4, 0.5) is 17.5 Å². The van der Waals surface area contributed by atoms with Gasteiger partial charge in [0.2, 0.25) is 5.91 Å². The zero-order valence-corrected chi connectivity index (χ0v) is 35.4. The fourth-order valence-corrected chi connectivity index (χ4v) is 2.29. The van der Waals surface area contributed by atoms with Crippen LogP contribution in [0.3, 0.4) is 0 Å². The summed E-state index contributed by atoms with van der Waals surface area (Å²) in [6.07, 6.45) is 1.43. The van der Waals surface area contributed by atoms with Gasteiger partial charge in [0.1, 0.15) is 35.2 Å². The fourth-order valence-electron chi connectivity index (χ4n) is 2.29. The Labute approximate surface area is 340 Å². The number of H-pyrrole nitrogens is 1. The van der Waals surface area contributed by atoms with Crippen LogP contribution in [0.2, 0.25) is 0 Å². The molecule has 0 bridgehead atoms. The number of nitrogens with zero attached hydrogens (tertiary/aromatic N) is 5. The summed E-state index contributed by atoms with van der Waals surface area (Å²) in [6.45, 7) is 14.9. The van der Waals surface area contributed by atoms with Crippen molar-refractivity contribution in [2.75, 3.05) is 42.9 Å². The number of methoxy groups -OCH3 is 2. The highest BCUT2D eigenvalue weighted by atomic mass is 127. The van der Waals surface area contributed by atoms with Gasteiger partial charge in [-0.05, 0) is 41.3 Å². The number of alkyl halides is 1. The van der Waals surface area contributed by atoms with Crippen molar-refractivity contribution >= 4 is 88.8 Å². The van der Waals surface area contributed by atoms with E-state index >= 15 is 0 Å². The minimum Gasteiger partial charge on any atom is -0.485 e. The van der Waals surface area contributed by atoms with Crippen molar-refractivity contribution in [2.45, 2.75) is 55.4 Å². The normalized spacial score (nSPS) is 7.57. The van der Waals surface area contributed by atoms with Gasteiger partial charge in [0.25, 0.3) is 0 Å². The third-order valence-electron chi connectivity index (χ3n) is 4.14. The van der Waals surface area contributed by atoms with Crippen LogP contribution in [0.1, 0.15) is 76.4 Å². The number of primary amides is 1. The van der Waals surface area contributed by atoms with Gasteiger partial charge in [-0.1, -0.05) is 82.3 Å². The summed E-state index contributed by atoms with van der Waals surface area (Å²) in [6, 6.07) is 15.0. The van der Waals surface area contributed by atoms with Gasteiger partial charge in [0.05, 0.1) is 20.8 Å². The number of hydrogen-bond donors (Lipinski definition) is 7. The van der Waals surface area contributed by atoms with E-state index in [9.17, 15) is 14.4 Å². The molecule has 1 amide bonds. The molecule has 0 aliphatic heterocycles. The summed E-state index contributed by atoms with van der Waals surface area (Å²) < 4.78 is 8.77. The maximum absolute atomic E-state index is 10.9. The first-order chi connectivity index (χ1) is 24.3. The molecule has 54 heavy (non-hydrogen) atoms. The Hall–Kier alpha value is -5.05. The molecule has 0 aliphatic carbocycles. The number of anilines is 3. The third kappa shape index (κ3) is 39.7. The lowest BCUT2D eigenvalue weighted by Gasteiger charge is -1.97. The number of aromatic amines is 1. The lowest BCUT2D eigenvalue weighted by Crippen LogP contribution is -2.15. The van der Waals surface area contributed by atoms with Crippen molar-refractivity contribution in [1.29, 1.82) is 5.41 Å². The summed E-state index contributed by atoms with van der Waals surface area (Å²) in [4.78, 5) is 48.5. The Morgan fingerprint density at radius 3 is 1.41 bits per heavy atom. The second kappa shape index (κ2) is 48.0. The molecule has 0 aliphatic rings. The van der Waals surface area contributed by atoms with Crippen LogP contribution in [0.25, 0.3) is 11.5 Å². The van der Waals surface area contributed by atoms with Gasteiger partial charge in [-0.2, -0.15) is 5.10 Å². The number of pyridine rings is 3. The highest BCUT2D eigenvalue weighted by Crippen LogP contribution is 2.11. The molecule has 0 aromatic carbocycles. The molecule has 0 saturated heterocycles. The van der Waals surface area contributed by atoms with Gasteiger partial charge in [-0.3, -0.25) is 20.1 Å². The Kier molecular flexibility index (Phi) is 59.6. The molecule has 9 radical (unpaired) electrons. The monoisotopic (exact) mass is 861 g/mol. The van der Waals surface area contributed by atoms with E-state index in [4.69, 9.17) is 28.3 Å². The molecule has 0 unspecified atom stereocenters. The molecule has 4 aromatic heterocycles. The minimum atomic E-state index is -0.475. The second-order valence-corrected chi connectivity index (χ2v) is 7.67. The molecule has 0 saturated carbocycles. The number of nitrogens with one attached hydrogen (secondary N) is 2. The lowest BCUT2D eigenvalue weighted by atomic mass is 10.2. The van der Waals surface area contributed by atoms with Gasteiger partial charge in [0.15, 0.2) is 23.2 Å². The predicted octanol–water partition coefficient (Wildman–Crippen LogP) is 3.81. The van der Waals surface area contributed by atoms with E-state index in [1.807, 2.05) is 58.6 Å². The Balaban J connectivity index is -0.0000000797. The van der Waals surface area contributed by atoms with Crippen molar-refractivity contribution in [3.8, 4) is 11.5 Å². The quantitative estimate of drug-likeness (QED) is 0.0292. The Morgan fingerprint density at radius 1 is 0.722 bits per heavy atom. The van der Waals surface area contributed by atoms with E-state index in [1.54, 1.807) is 49.4 Å². The van der Waals surface area contributed by atoms with Gasteiger partial charge >= 0.3 is 5.97 Å². The summed E-state index contributed by atoms with van der Waals surface area (Å²) >= 11 is 2.15. The maximum atomic E-state index is 10.9. The SMILES string of the molecule is CC.CC.CC.CC(N)=O.CI.COC(=O)c1cccc(N)n1.COC(C)=N.NCC(=O)c1cccc(N)n1.Nc1cccc(-c2ncn[nH]2)n1.[B].[B].[B]. The number of nitrogens with two attached hydrogens (primary N) is 5. The summed E-state index contributed by atoms with van der Waals surface area (Å²) in [5.74, 6) is 1.00. The third-order valence-corrected chi connectivity index (χ3v) is 4.14. The van der Waals surface area contributed by atoms with E-state index in [0.29, 0.717) is 34.7 Å². The fraction of sp³-hybridized carbons (Fsp3) is 0.364. The highest BCUT2D eigenvalue weighted by molar-refractivity contribution is 14.1. The number of esters is 1. The molecule has 0 atom stereocenters. The molecular weight excluding hydrogens is 804 g/mol. The van der Waals surface area contributed by atoms with Crippen LogP contribution in [0.5, 0.6) is 0 Å². The highest BCUT2D eigenvalue weighted by Gasteiger charge is 2.05. The predicted molar refractivity (Wildman–Crippen MR) is 233 cm³/mol. The van der Waals surface area contributed by atoms with Crippen molar-refractivity contribution in [2.24, 2.45) is 11.5 Å². The Bertz CT molecular complexity index is 1400. The average Bonchev–Trinajstić information content (AvgIpc) is 3.70. The largest absolute Gasteiger partial charge is 0.485 e. The molecular formula is C33H57B3IN12O5. The molecule has 4 heterocycles. The zero-order chi connectivity index (χ0) is 40.8. The second-order valence-electron chi connectivity index (χ2n) is 7.67. The van der Waals surface area contributed by atoms with Crippen LogP contribution in [0.15, 0.2) is 60.9 Å². The van der Waals surface area contributed by atoms with Crippen LogP contribution in [-0.2, 0) is 14.3 Å². The smallest absolute Gasteiger partial charge is 0.356 e. The first kappa shape index (κ1) is 67.1. The molecule has 0 spiro atoms. The average molecular weight is 861 g/mol. The molecule has 0 fully saturated rings. The van der Waals surface area contributed by atoms with Gasteiger partial charge in [-0.25, -0.2) is 24.7 Å². The van der Waals surface area contributed by atoms with Crippen LogP contribution < -0.4 is 28.7 Å². The Morgan fingerprint density at radius 2 is 1.09 bits per heavy atom. The molecule has 17 nitrogen and oxygen atoms in total. The number of rotatable bonds is 4. The number of carbonyl (C=O) groups is 3. The zero-order valence-electron chi connectivity index (χ0n) is 33.3. The first-order valence-corrected chi connectivity index (χ1v) is 17.6. The van der Waals surface area contributed by atoms with E-state index in [1.165, 1.54) is 27.5 Å². The van der Waals surface area contributed by atoms with Crippen LogP contribution in [0, 0.1) is 5.41 Å². The number of ether oxygens (including phenoxy) is 2. The van der Waals surface area contributed by atoms with Crippen molar-refractivity contribution in [3.05, 3.63) is 72.3 Å². The minimum absolute atomic E-state index is 0. The number of carbonyl (C=O) groups excluding carboxylic acids is 3. The van der Waals surface area contributed by atoms with Crippen LogP contribution >= 0.6 is 22.6 Å². The number of Topliss-reactive ketones (excluding diaryl/α,β-unsaturated/α-hetero) is 1. The van der Waals surface area contributed by atoms with Gasteiger partial charge < -0.3 is 38.1 Å². The standard InChI is InChI=1S/C7H7N5.C7H9N3O.C7H8N2O2.C3H7NO.C2H5NO.3C2H6.CH3I.3B/c8-6-3-1-2-5(11-6)7-9-4-10-12-7;8-4-6(11)5-2-1-3-7(9)10-5;1-11-7(10)5-3-2-4-6(8)9-5;1-3(4)5-2;1-2(3)4;4*1-2;;;/h1-4H,(H2,8,11)(H,9,10,12);1-3H,4,8H2,(H2,9,10);2-4H,1H3,(H2,8,9);4H,1-2H3;1H3,(H2,3,4);3*1-2H3;1H3;;;. The van der Waals surface area contributed by atoms with Gasteiger partial charge in [-0.15, -0.1) is 0 Å². The van der Waals surface area contributed by atoms with Crippen molar-refractivity contribution in [3.63, 3.8) is 0 Å². The lowest BCUT2D eigenvalue weighted by molar-refractivity contribution is -0.115. The summed E-state index contributed by atoms with van der Waals surface area (Å²) in [7, 11) is 2.77. The molecule has 21 heteroatoms.